The number of thioether (sulfide) groups is 1. The van der Waals surface area contributed by atoms with Crippen molar-refractivity contribution < 1.29 is 15.0 Å². The molecule has 4 nitrogen and oxygen atoms in total. The lowest BCUT2D eigenvalue weighted by molar-refractivity contribution is -0.139. The first-order valence-electron chi connectivity index (χ1n) is 4.54. The van der Waals surface area contributed by atoms with Gasteiger partial charge in [-0.3, -0.25) is 4.79 Å². The number of rotatable bonds is 6. The number of carboxylic acids is 1. The molecular formula is C9H19NO3S. The van der Waals surface area contributed by atoms with Crippen molar-refractivity contribution in [2.24, 2.45) is 11.7 Å². The minimum Gasteiger partial charge on any atom is -0.480 e. The van der Waals surface area contributed by atoms with Crippen molar-refractivity contribution in [3.8, 4) is 0 Å². The molecule has 0 aromatic rings. The van der Waals surface area contributed by atoms with Gasteiger partial charge in [0, 0.05) is 11.4 Å². The zero-order valence-corrected chi connectivity index (χ0v) is 9.67. The maximum Gasteiger partial charge on any atom is 0.321 e. The lowest BCUT2D eigenvalue weighted by Gasteiger charge is -2.28. The Kier molecular flexibility index (Phi) is 5.48. The molecule has 0 bridgehead atoms. The van der Waals surface area contributed by atoms with E-state index in [4.69, 9.17) is 15.9 Å². The molecule has 2 atom stereocenters. The van der Waals surface area contributed by atoms with Gasteiger partial charge >= 0.3 is 5.97 Å². The van der Waals surface area contributed by atoms with E-state index in [-0.39, 0.29) is 12.5 Å². The fraction of sp³-hybridized carbons (Fsp3) is 0.889. The van der Waals surface area contributed by atoms with Crippen LogP contribution in [0, 0.1) is 5.92 Å². The Morgan fingerprint density at radius 3 is 2.43 bits per heavy atom. The predicted molar refractivity (Wildman–Crippen MR) is 58.4 cm³/mol. The summed E-state index contributed by atoms with van der Waals surface area (Å²) in [6.07, 6.45) is 0. The van der Waals surface area contributed by atoms with E-state index in [1.807, 2.05) is 6.92 Å². The minimum absolute atomic E-state index is 0.116. The maximum atomic E-state index is 10.7. The third-order valence-electron chi connectivity index (χ3n) is 2.07. The minimum atomic E-state index is -0.987. The number of carboxylic acid groups (broad SMARTS) is 1. The van der Waals surface area contributed by atoms with Crippen LogP contribution < -0.4 is 5.73 Å². The summed E-state index contributed by atoms with van der Waals surface area (Å²) in [6, 6.07) is -0.876. The number of aliphatic hydroxyl groups is 1. The SMILES string of the molecule is CC(CO)CSC(C)(C)[C@@H](N)C(=O)O. The molecule has 0 fully saturated rings. The van der Waals surface area contributed by atoms with E-state index in [0.29, 0.717) is 5.75 Å². The standard InChI is InChI=1S/C9H19NO3S/c1-6(4-11)5-14-9(2,3)7(10)8(12)13/h6-7,11H,4-5,10H2,1-3H3,(H,12,13)/t6?,7-/m0/s1. The molecule has 4 N–H and O–H groups in total. The Morgan fingerprint density at radius 1 is 1.57 bits per heavy atom. The second-order valence-corrected chi connectivity index (χ2v) is 5.69. The smallest absolute Gasteiger partial charge is 0.321 e. The van der Waals surface area contributed by atoms with E-state index in [9.17, 15) is 4.79 Å². The van der Waals surface area contributed by atoms with Gasteiger partial charge in [-0.1, -0.05) is 6.92 Å². The Bertz CT molecular complexity index is 196. The first-order chi connectivity index (χ1) is 6.31. The Balaban J connectivity index is 4.13. The molecule has 0 heterocycles. The van der Waals surface area contributed by atoms with Crippen LogP contribution in [0.15, 0.2) is 0 Å². The van der Waals surface area contributed by atoms with Gasteiger partial charge in [-0.15, -0.1) is 0 Å². The first kappa shape index (κ1) is 13.7. The number of hydrogen-bond donors (Lipinski definition) is 3. The highest BCUT2D eigenvalue weighted by atomic mass is 32.2. The summed E-state index contributed by atoms with van der Waals surface area (Å²) >= 11 is 1.48. The highest BCUT2D eigenvalue weighted by Crippen LogP contribution is 2.29. The Labute approximate surface area is 88.9 Å². The lowest BCUT2D eigenvalue weighted by atomic mass is 10.1. The van der Waals surface area contributed by atoms with E-state index in [1.54, 1.807) is 13.8 Å². The summed E-state index contributed by atoms with van der Waals surface area (Å²) in [4.78, 5) is 10.7. The van der Waals surface area contributed by atoms with Gasteiger partial charge < -0.3 is 15.9 Å². The molecule has 5 heteroatoms. The molecule has 1 unspecified atom stereocenters. The highest BCUT2D eigenvalue weighted by Gasteiger charge is 2.32. The molecule has 0 saturated carbocycles. The average Bonchev–Trinajstić information content (AvgIpc) is 2.12. The molecule has 84 valence electrons. The normalized spacial score (nSPS) is 16.4. The monoisotopic (exact) mass is 221 g/mol. The van der Waals surface area contributed by atoms with E-state index < -0.39 is 16.8 Å². The third-order valence-corrected chi connectivity index (χ3v) is 3.80. The van der Waals surface area contributed by atoms with Gasteiger partial charge in [-0.05, 0) is 25.5 Å². The molecule has 0 radical (unpaired) electrons. The van der Waals surface area contributed by atoms with Gasteiger partial charge in [0.05, 0.1) is 0 Å². The topological polar surface area (TPSA) is 83.5 Å². The van der Waals surface area contributed by atoms with Gasteiger partial charge in [0.15, 0.2) is 0 Å². The van der Waals surface area contributed by atoms with Crippen LogP contribution in [0.25, 0.3) is 0 Å². The fourth-order valence-corrected chi connectivity index (χ4v) is 1.90. The number of carbonyl (C=O) groups is 1. The van der Waals surface area contributed by atoms with E-state index >= 15 is 0 Å². The lowest BCUT2D eigenvalue weighted by Crippen LogP contribution is -2.47. The van der Waals surface area contributed by atoms with Crippen molar-refractivity contribution in [3.05, 3.63) is 0 Å². The average molecular weight is 221 g/mol. The Hall–Kier alpha value is -0.260. The molecule has 0 aliphatic rings. The molecule has 0 aliphatic heterocycles. The molecule has 0 aliphatic carbocycles. The number of hydrogen-bond acceptors (Lipinski definition) is 4. The van der Waals surface area contributed by atoms with Crippen molar-refractivity contribution in [1.29, 1.82) is 0 Å². The summed E-state index contributed by atoms with van der Waals surface area (Å²) in [6.45, 7) is 5.64. The number of aliphatic hydroxyl groups excluding tert-OH is 1. The van der Waals surface area contributed by atoms with Crippen molar-refractivity contribution in [1.82, 2.24) is 0 Å². The van der Waals surface area contributed by atoms with Gasteiger partial charge in [0.25, 0.3) is 0 Å². The summed E-state index contributed by atoms with van der Waals surface area (Å²) in [5, 5.41) is 17.6. The summed E-state index contributed by atoms with van der Waals surface area (Å²) in [7, 11) is 0. The summed E-state index contributed by atoms with van der Waals surface area (Å²) in [5.41, 5.74) is 5.54. The maximum absolute atomic E-state index is 10.7. The van der Waals surface area contributed by atoms with E-state index in [2.05, 4.69) is 0 Å². The van der Waals surface area contributed by atoms with Crippen LogP contribution >= 0.6 is 11.8 Å². The molecule has 14 heavy (non-hydrogen) atoms. The van der Waals surface area contributed by atoms with Gasteiger partial charge in [-0.25, -0.2) is 0 Å². The highest BCUT2D eigenvalue weighted by molar-refractivity contribution is 8.00. The molecule has 0 saturated heterocycles. The van der Waals surface area contributed by atoms with Crippen LogP contribution in [0.1, 0.15) is 20.8 Å². The Morgan fingerprint density at radius 2 is 2.07 bits per heavy atom. The quantitative estimate of drug-likeness (QED) is 0.609. The fourth-order valence-electron chi connectivity index (χ4n) is 0.797. The molecule has 0 amide bonds. The van der Waals surface area contributed by atoms with Crippen LogP contribution in [0.3, 0.4) is 0 Å². The van der Waals surface area contributed by atoms with E-state index in [1.165, 1.54) is 11.8 Å². The zero-order chi connectivity index (χ0) is 11.4. The molecule has 0 rings (SSSR count). The van der Waals surface area contributed by atoms with Crippen LogP contribution in [0.4, 0.5) is 0 Å². The second kappa shape index (κ2) is 5.58. The van der Waals surface area contributed by atoms with Crippen molar-refractivity contribution in [2.45, 2.75) is 31.6 Å². The van der Waals surface area contributed by atoms with Crippen LogP contribution in [0.2, 0.25) is 0 Å². The van der Waals surface area contributed by atoms with E-state index in [0.717, 1.165) is 0 Å². The van der Waals surface area contributed by atoms with Crippen molar-refractivity contribution in [3.63, 3.8) is 0 Å². The van der Waals surface area contributed by atoms with Gasteiger partial charge in [0.1, 0.15) is 6.04 Å². The second-order valence-electron chi connectivity index (χ2n) is 4.02. The largest absolute Gasteiger partial charge is 0.480 e. The zero-order valence-electron chi connectivity index (χ0n) is 8.86. The third kappa shape index (κ3) is 4.30. The van der Waals surface area contributed by atoms with Crippen LogP contribution in [-0.4, -0.2) is 39.3 Å². The molecule has 0 spiro atoms. The molecular weight excluding hydrogens is 202 g/mol. The summed E-state index contributed by atoms with van der Waals surface area (Å²) in [5.74, 6) is -0.107. The molecule has 0 aromatic heterocycles. The summed E-state index contributed by atoms with van der Waals surface area (Å²) < 4.78 is -0.505. The predicted octanol–water partition coefficient (Wildman–Crippen LogP) is 0.538. The van der Waals surface area contributed by atoms with Crippen molar-refractivity contribution in [2.75, 3.05) is 12.4 Å². The van der Waals surface area contributed by atoms with Gasteiger partial charge in [0.2, 0.25) is 0 Å². The first-order valence-corrected chi connectivity index (χ1v) is 5.53. The number of aliphatic carboxylic acids is 1. The number of nitrogens with two attached hydrogens (primary N) is 1. The van der Waals surface area contributed by atoms with Gasteiger partial charge in [-0.2, -0.15) is 11.8 Å². The van der Waals surface area contributed by atoms with Crippen LogP contribution in [0.5, 0.6) is 0 Å². The molecule has 0 aromatic carbocycles. The van der Waals surface area contributed by atoms with Crippen molar-refractivity contribution >= 4 is 17.7 Å². The van der Waals surface area contributed by atoms with Crippen LogP contribution in [-0.2, 0) is 4.79 Å².